The molecule has 1 aliphatic carbocycles. The van der Waals surface area contributed by atoms with Crippen molar-refractivity contribution in [3.63, 3.8) is 0 Å². The van der Waals surface area contributed by atoms with Gasteiger partial charge in [-0.15, -0.1) is 0 Å². The fraction of sp³-hybridized carbons (Fsp3) is 0.333. The molecule has 41 heavy (non-hydrogen) atoms. The predicted octanol–water partition coefficient (Wildman–Crippen LogP) is 4.64. The molecule has 1 atom stereocenters. The number of aromatic hydroxyl groups is 2. The van der Waals surface area contributed by atoms with Crippen LogP contribution in [0.25, 0.3) is 0 Å². The number of phenolic OH excluding ortho intramolecular Hbond substituents is 2. The van der Waals surface area contributed by atoms with Gasteiger partial charge >= 0.3 is 0 Å². The number of unbranched alkanes of at least 4 members (excludes halogenated alkanes) is 2. The van der Waals surface area contributed by atoms with Crippen LogP contribution in [0.15, 0.2) is 41.3 Å². The quantitative estimate of drug-likeness (QED) is 0.148. The first-order chi connectivity index (χ1) is 19.3. The molecule has 0 saturated carbocycles. The van der Waals surface area contributed by atoms with Gasteiger partial charge in [-0.05, 0) is 52.7 Å². The Kier molecular flexibility index (Phi) is 8.01. The van der Waals surface area contributed by atoms with E-state index in [1.807, 2.05) is 0 Å². The monoisotopic (exact) mass is 568 g/mol. The van der Waals surface area contributed by atoms with Crippen LogP contribution in [0.2, 0.25) is 0 Å². The van der Waals surface area contributed by atoms with Gasteiger partial charge in [-0.2, -0.15) is 0 Å². The van der Waals surface area contributed by atoms with Crippen LogP contribution in [0.3, 0.4) is 0 Å². The summed E-state index contributed by atoms with van der Waals surface area (Å²) in [7, 11) is 0. The molecule has 0 radical (unpaired) electrons. The lowest BCUT2D eigenvalue weighted by Crippen LogP contribution is -2.41. The molecule has 0 saturated heterocycles. The number of phenols is 2. The van der Waals surface area contributed by atoms with Crippen molar-refractivity contribution in [2.75, 3.05) is 11.9 Å². The van der Waals surface area contributed by atoms with Crippen LogP contribution < -0.4 is 15.4 Å². The maximum absolute atomic E-state index is 13.8. The summed E-state index contributed by atoms with van der Waals surface area (Å²) in [5, 5.41) is 26.9. The highest BCUT2D eigenvalue weighted by molar-refractivity contribution is 6.31. The van der Waals surface area contributed by atoms with Gasteiger partial charge in [0, 0.05) is 42.1 Å². The Morgan fingerprint density at radius 2 is 1.73 bits per heavy atom. The Balaban J connectivity index is 1.41. The van der Waals surface area contributed by atoms with E-state index < -0.39 is 45.9 Å². The zero-order chi connectivity index (χ0) is 30.2. The summed E-state index contributed by atoms with van der Waals surface area (Å²) in [4.78, 5) is 51.1. The first-order valence-electron chi connectivity index (χ1n) is 13.1. The number of ketones is 3. The van der Waals surface area contributed by atoms with E-state index in [0.29, 0.717) is 31.5 Å². The third kappa shape index (κ3) is 5.19. The number of halogens is 2. The minimum Gasteiger partial charge on any atom is -0.507 e. The maximum atomic E-state index is 13.8. The second-order valence-electron chi connectivity index (χ2n) is 10.3. The molecule has 0 spiro atoms. The summed E-state index contributed by atoms with van der Waals surface area (Å²) >= 11 is 0. The molecule has 9 nitrogen and oxygen atoms in total. The Morgan fingerprint density at radius 1 is 1.02 bits per heavy atom. The third-order valence-corrected chi connectivity index (χ3v) is 7.43. The van der Waals surface area contributed by atoms with Crippen molar-refractivity contribution in [3.8, 4) is 17.2 Å². The van der Waals surface area contributed by atoms with Crippen molar-refractivity contribution in [2.45, 2.75) is 58.8 Å². The van der Waals surface area contributed by atoms with Gasteiger partial charge in [0.2, 0.25) is 5.91 Å². The average molecular weight is 569 g/mol. The second kappa shape index (κ2) is 11.1. The number of carbonyl (C=O) groups is 4. The number of hydrogen-bond donors (Lipinski definition) is 4. The first-order valence-corrected chi connectivity index (χ1v) is 13.1. The normalized spacial score (nSPS) is 18.7. The lowest BCUT2D eigenvalue weighted by molar-refractivity contribution is -0.123. The van der Waals surface area contributed by atoms with Gasteiger partial charge in [-0.1, -0.05) is 6.42 Å². The summed E-state index contributed by atoms with van der Waals surface area (Å²) in [5.74, 6) is -5.16. The number of benzene rings is 2. The van der Waals surface area contributed by atoms with Crippen LogP contribution in [-0.4, -0.2) is 40.0 Å². The van der Waals surface area contributed by atoms with Crippen LogP contribution in [0.5, 0.6) is 17.2 Å². The molecular weight excluding hydrogens is 538 g/mol. The highest BCUT2D eigenvalue weighted by Gasteiger charge is 2.56. The Hall–Kier alpha value is -4.54. The number of anilines is 1. The molecule has 1 unspecified atom stereocenters. The second-order valence-corrected chi connectivity index (χ2v) is 10.3. The van der Waals surface area contributed by atoms with E-state index in [1.54, 1.807) is 6.92 Å². The van der Waals surface area contributed by atoms with Gasteiger partial charge in [-0.3, -0.25) is 19.2 Å². The smallest absolute Gasteiger partial charge is 0.224 e. The Morgan fingerprint density at radius 3 is 2.39 bits per heavy atom. The van der Waals surface area contributed by atoms with Crippen molar-refractivity contribution >= 4 is 28.9 Å². The molecule has 4 N–H and O–H groups in total. The minimum absolute atomic E-state index is 0.0172. The molecule has 0 aromatic heterocycles. The molecule has 216 valence electrons. The lowest BCUT2D eigenvalue weighted by Gasteiger charge is -2.29. The number of hydrogen-bond acceptors (Lipinski definition) is 8. The number of nitrogens with one attached hydrogen (secondary N) is 2. The van der Waals surface area contributed by atoms with Crippen molar-refractivity contribution < 1.29 is 42.9 Å². The first kappa shape index (κ1) is 29.4. The van der Waals surface area contributed by atoms with E-state index in [0.717, 1.165) is 18.2 Å². The van der Waals surface area contributed by atoms with E-state index in [4.69, 9.17) is 4.74 Å². The van der Waals surface area contributed by atoms with Gasteiger partial charge in [0.05, 0.1) is 11.1 Å². The molecule has 11 heteroatoms. The Bertz CT molecular complexity index is 1560. The molecule has 2 aromatic rings. The summed E-state index contributed by atoms with van der Waals surface area (Å²) in [6.45, 7) is 6.12. The van der Waals surface area contributed by atoms with Gasteiger partial charge < -0.3 is 25.6 Å². The highest BCUT2D eigenvalue weighted by Crippen LogP contribution is 2.57. The molecule has 1 heterocycles. The Labute approximate surface area is 234 Å². The van der Waals surface area contributed by atoms with E-state index in [-0.39, 0.29) is 51.8 Å². The number of amides is 1. The number of Topliss-reactive ketones (excluding diaryl/α,β-unsaturated/α-hetero) is 2. The average Bonchev–Trinajstić information content (AvgIpc) is 3.19. The summed E-state index contributed by atoms with van der Waals surface area (Å²) in [6, 6.07) is 3.11. The summed E-state index contributed by atoms with van der Waals surface area (Å²) < 4.78 is 32.1. The minimum atomic E-state index is -1.59. The molecule has 1 aliphatic heterocycles. The van der Waals surface area contributed by atoms with Crippen molar-refractivity contribution in [3.05, 3.63) is 69.6 Å². The van der Waals surface area contributed by atoms with Crippen LogP contribution in [0.4, 0.5) is 14.5 Å². The molecule has 2 aromatic carbocycles. The van der Waals surface area contributed by atoms with Gasteiger partial charge in [0.1, 0.15) is 34.0 Å². The highest BCUT2D eigenvalue weighted by atomic mass is 19.2. The van der Waals surface area contributed by atoms with E-state index in [2.05, 4.69) is 10.6 Å². The zero-order valence-corrected chi connectivity index (χ0v) is 23.0. The fourth-order valence-corrected chi connectivity index (χ4v) is 5.11. The molecule has 0 bridgehead atoms. The van der Waals surface area contributed by atoms with Gasteiger partial charge in [0.15, 0.2) is 29.0 Å². The largest absolute Gasteiger partial charge is 0.507 e. The third-order valence-electron chi connectivity index (χ3n) is 7.43. The molecule has 2 aliphatic rings. The van der Waals surface area contributed by atoms with Gasteiger partial charge in [0.25, 0.3) is 0 Å². The number of rotatable bonds is 9. The van der Waals surface area contributed by atoms with E-state index >= 15 is 0 Å². The van der Waals surface area contributed by atoms with Crippen LogP contribution in [0, 0.1) is 18.6 Å². The number of ether oxygens (including phenoxy) is 1. The summed E-state index contributed by atoms with van der Waals surface area (Å²) in [6.07, 6.45) is 3.09. The van der Waals surface area contributed by atoms with Gasteiger partial charge in [-0.25, -0.2) is 8.78 Å². The number of carbonyl (C=O) groups excluding carboxylic acids is 4. The van der Waals surface area contributed by atoms with Crippen LogP contribution >= 0.6 is 0 Å². The molecule has 4 rings (SSSR count). The zero-order valence-electron chi connectivity index (χ0n) is 23.0. The fourth-order valence-electron chi connectivity index (χ4n) is 5.11. The SMILES string of the molecule is CC(=O)c1c(O)c(C)c(O)c2c1OC1=CC(=O)/C(=C(/C)NCCCCCC(=O)Nc3ccc(F)c(F)c3)C(=O)C12C. The van der Waals surface area contributed by atoms with Crippen molar-refractivity contribution in [2.24, 2.45) is 0 Å². The topological polar surface area (TPSA) is 142 Å². The van der Waals surface area contributed by atoms with Crippen LogP contribution in [0.1, 0.15) is 67.9 Å². The van der Waals surface area contributed by atoms with E-state index in [1.165, 1.54) is 26.8 Å². The molecular formula is C30H30F2N2O7. The molecule has 0 fully saturated rings. The summed E-state index contributed by atoms with van der Waals surface area (Å²) in [5.41, 5.74) is -1.35. The van der Waals surface area contributed by atoms with Crippen LogP contribution in [-0.2, 0) is 19.8 Å². The maximum Gasteiger partial charge on any atom is 0.224 e. The van der Waals surface area contributed by atoms with E-state index in [9.17, 15) is 38.2 Å². The predicted molar refractivity (Wildman–Crippen MR) is 145 cm³/mol. The number of fused-ring (bicyclic) bond motifs is 3. The standard InChI is InChI=1S/C30H30F2N2O7/c1-14-26(38)24(16(3)35)28-25(27(14)39)30(4)21(41-28)13-20(36)23(29(30)40)15(2)33-11-7-5-6-8-22(37)34-17-9-10-18(31)19(32)12-17/h9-10,12-13,33,38-39H,5-8,11H2,1-4H3,(H,34,37)/b23-15+. The number of allylic oxidation sites excluding steroid dienone is 4. The van der Waals surface area contributed by atoms with Crippen molar-refractivity contribution in [1.29, 1.82) is 0 Å². The van der Waals surface area contributed by atoms with Crippen molar-refractivity contribution in [1.82, 2.24) is 5.32 Å². The lowest BCUT2D eigenvalue weighted by atomic mass is 9.70. The molecule has 1 amide bonds.